The number of hydrogen-bond donors (Lipinski definition) is 0. The number of carbonyl (C=O) groups is 3. The second-order valence-corrected chi connectivity index (χ2v) is 5.16. The van der Waals surface area contributed by atoms with Crippen molar-refractivity contribution in [3.05, 3.63) is 0 Å². The smallest absolute Gasteiger partial charge is 0.311 e. The zero-order chi connectivity index (χ0) is 14.1. The summed E-state index contributed by atoms with van der Waals surface area (Å²) in [6.45, 7) is 5.15. The van der Waals surface area contributed by atoms with E-state index in [4.69, 9.17) is 4.74 Å². The van der Waals surface area contributed by atoms with Crippen LogP contribution in [0.5, 0.6) is 0 Å². The molecule has 0 radical (unpaired) electrons. The number of hydrogen-bond acceptors (Lipinski definition) is 6. The fourth-order valence-electron chi connectivity index (χ4n) is 1.83. The van der Waals surface area contributed by atoms with Gasteiger partial charge in [-0.25, -0.2) is 0 Å². The van der Waals surface area contributed by atoms with Crippen molar-refractivity contribution in [2.45, 2.75) is 26.4 Å². The van der Waals surface area contributed by atoms with Gasteiger partial charge < -0.3 is 14.2 Å². The lowest BCUT2D eigenvalue weighted by Gasteiger charge is -2.19. The van der Waals surface area contributed by atoms with Crippen LogP contribution in [0.15, 0.2) is 0 Å². The van der Waals surface area contributed by atoms with Crippen LogP contribution in [0.3, 0.4) is 0 Å². The minimum atomic E-state index is -0.802. The van der Waals surface area contributed by atoms with Crippen molar-refractivity contribution in [1.29, 1.82) is 0 Å². The molecule has 0 amide bonds. The Hall–Kier alpha value is -1.59. The average Bonchev–Trinajstić information content (AvgIpc) is 2.99. The highest BCUT2D eigenvalue weighted by atomic mass is 16.6. The maximum atomic E-state index is 11.8. The number of rotatable bonds is 3. The van der Waals surface area contributed by atoms with Crippen LogP contribution >= 0.6 is 0 Å². The molecule has 0 bridgehead atoms. The second-order valence-electron chi connectivity index (χ2n) is 5.16. The quantitative estimate of drug-likeness (QED) is 0.543. The molecule has 0 aromatic heterocycles. The normalized spacial score (nSPS) is 26.2. The Bertz CT molecular complexity index is 345. The summed E-state index contributed by atoms with van der Waals surface area (Å²) in [6.07, 6.45) is 0. The van der Waals surface area contributed by atoms with Gasteiger partial charge in [0.05, 0.1) is 32.0 Å². The summed E-state index contributed by atoms with van der Waals surface area (Å²) in [7, 11) is 2.42. The summed E-state index contributed by atoms with van der Waals surface area (Å²) < 4.78 is 14.3. The first-order valence-corrected chi connectivity index (χ1v) is 5.61. The number of methoxy groups -OCH3 is 2. The molecule has 1 fully saturated rings. The molecule has 1 aliphatic carbocycles. The molecule has 1 aliphatic rings. The molecule has 1 rings (SSSR count). The fourth-order valence-corrected chi connectivity index (χ4v) is 1.83. The minimum absolute atomic E-state index is 0.576. The first-order valence-electron chi connectivity index (χ1n) is 5.61. The van der Waals surface area contributed by atoms with E-state index in [1.54, 1.807) is 20.8 Å². The lowest BCUT2D eigenvalue weighted by molar-refractivity contribution is -0.160. The van der Waals surface area contributed by atoms with E-state index in [-0.39, 0.29) is 0 Å². The average molecular weight is 258 g/mol. The van der Waals surface area contributed by atoms with Crippen LogP contribution in [0, 0.1) is 17.8 Å². The Morgan fingerprint density at radius 1 is 0.778 bits per heavy atom. The Morgan fingerprint density at radius 2 is 1.11 bits per heavy atom. The van der Waals surface area contributed by atoms with Gasteiger partial charge in [-0.15, -0.1) is 0 Å². The van der Waals surface area contributed by atoms with E-state index in [0.29, 0.717) is 0 Å². The summed E-state index contributed by atoms with van der Waals surface area (Å²) in [6, 6.07) is 0. The van der Waals surface area contributed by atoms with Gasteiger partial charge in [0.15, 0.2) is 0 Å². The third-order valence-corrected chi connectivity index (χ3v) is 2.65. The molecule has 0 spiro atoms. The maximum Gasteiger partial charge on any atom is 0.311 e. The van der Waals surface area contributed by atoms with Crippen LogP contribution in [-0.2, 0) is 28.6 Å². The Labute approximate surface area is 106 Å². The van der Waals surface area contributed by atoms with Crippen molar-refractivity contribution in [2.75, 3.05) is 14.2 Å². The Balaban J connectivity index is 2.78. The predicted octanol–water partition coefficient (Wildman–Crippen LogP) is 0.536. The van der Waals surface area contributed by atoms with Crippen molar-refractivity contribution < 1.29 is 28.6 Å². The molecule has 102 valence electrons. The van der Waals surface area contributed by atoms with Gasteiger partial charge in [0.1, 0.15) is 5.60 Å². The highest BCUT2D eigenvalue weighted by molar-refractivity contribution is 5.97. The molecule has 0 aliphatic heterocycles. The molecule has 0 saturated heterocycles. The SMILES string of the molecule is COC(=O)[C@@H]1C(C(=O)OC(C)(C)C)[C@H]1C(=O)OC. The van der Waals surface area contributed by atoms with Crippen molar-refractivity contribution >= 4 is 17.9 Å². The highest BCUT2D eigenvalue weighted by Crippen LogP contribution is 2.49. The van der Waals surface area contributed by atoms with Gasteiger partial charge in [0, 0.05) is 0 Å². The monoisotopic (exact) mass is 258 g/mol. The largest absolute Gasteiger partial charge is 0.469 e. The predicted molar refractivity (Wildman–Crippen MR) is 60.3 cm³/mol. The van der Waals surface area contributed by atoms with Crippen LogP contribution in [0.2, 0.25) is 0 Å². The van der Waals surface area contributed by atoms with Gasteiger partial charge >= 0.3 is 17.9 Å². The summed E-state index contributed by atoms with van der Waals surface area (Å²) in [5.74, 6) is -4.16. The second kappa shape index (κ2) is 4.96. The number of ether oxygens (including phenoxy) is 3. The molecule has 0 N–H and O–H groups in total. The van der Waals surface area contributed by atoms with Crippen molar-refractivity contribution in [1.82, 2.24) is 0 Å². The van der Waals surface area contributed by atoms with Crippen LogP contribution < -0.4 is 0 Å². The Morgan fingerprint density at radius 3 is 1.39 bits per heavy atom. The molecule has 18 heavy (non-hydrogen) atoms. The van der Waals surface area contributed by atoms with E-state index in [2.05, 4.69) is 9.47 Å². The molecular formula is C12H18O6. The van der Waals surface area contributed by atoms with Gasteiger partial charge in [0.2, 0.25) is 0 Å². The van der Waals surface area contributed by atoms with E-state index in [9.17, 15) is 14.4 Å². The highest BCUT2D eigenvalue weighted by Gasteiger charge is 2.65. The third kappa shape index (κ3) is 3.00. The van der Waals surface area contributed by atoms with E-state index < -0.39 is 41.3 Å². The van der Waals surface area contributed by atoms with Crippen LogP contribution in [-0.4, -0.2) is 37.7 Å². The lowest BCUT2D eigenvalue weighted by atomic mass is 10.2. The molecule has 6 nitrogen and oxygen atoms in total. The van der Waals surface area contributed by atoms with E-state index in [0.717, 1.165) is 0 Å². The van der Waals surface area contributed by atoms with Crippen molar-refractivity contribution in [3.8, 4) is 0 Å². The molecule has 2 atom stereocenters. The van der Waals surface area contributed by atoms with Crippen LogP contribution in [0.1, 0.15) is 20.8 Å². The minimum Gasteiger partial charge on any atom is -0.469 e. The standard InChI is InChI=1S/C12H18O6/c1-12(2,3)18-11(15)8-6(9(13)16-4)7(8)10(14)17-5/h6-8H,1-5H3/t6-,7-/m0/s1. The molecule has 0 unspecified atom stereocenters. The Kier molecular flexibility index (Phi) is 3.98. The number of esters is 3. The molecule has 1 saturated carbocycles. The first-order chi connectivity index (χ1) is 8.22. The molecule has 0 aromatic carbocycles. The van der Waals surface area contributed by atoms with E-state index in [1.165, 1.54) is 14.2 Å². The molecule has 6 heteroatoms. The van der Waals surface area contributed by atoms with Crippen molar-refractivity contribution in [3.63, 3.8) is 0 Å². The fraction of sp³-hybridized carbons (Fsp3) is 0.750. The van der Waals surface area contributed by atoms with Crippen LogP contribution in [0.4, 0.5) is 0 Å². The summed E-state index contributed by atoms with van der Waals surface area (Å²) in [4.78, 5) is 34.7. The van der Waals surface area contributed by atoms with Gasteiger partial charge in [-0.05, 0) is 20.8 Å². The zero-order valence-electron chi connectivity index (χ0n) is 11.2. The van der Waals surface area contributed by atoms with Crippen molar-refractivity contribution in [2.24, 2.45) is 17.8 Å². The molecule has 0 aromatic rings. The van der Waals surface area contributed by atoms with E-state index in [1.807, 2.05) is 0 Å². The first kappa shape index (κ1) is 14.5. The van der Waals surface area contributed by atoms with Gasteiger partial charge in [0.25, 0.3) is 0 Å². The van der Waals surface area contributed by atoms with Gasteiger partial charge in [-0.3, -0.25) is 14.4 Å². The third-order valence-electron chi connectivity index (χ3n) is 2.65. The summed E-state index contributed by atoms with van der Waals surface area (Å²) in [5, 5.41) is 0. The van der Waals surface area contributed by atoms with E-state index >= 15 is 0 Å². The topological polar surface area (TPSA) is 78.9 Å². The lowest BCUT2D eigenvalue weighted by Crippen LogP contribution is -2.26. The summed E-state index contributed by atoms with van der Waals surface area (Å²) in [5.41, 5.74) is -0.666. The van der Waals surface area contributed by atoms with Crippen LogP contribution in [0.25, 0.3) is 0 Å². The van der Waals surface area contributed by atoms with Gasteiger partial charge in [-0.2, -0.15) is 0 Å². The summed E-state index contributed by atoms with van der Waals surface area (Å²) >= 11 is 0. The maximum absolute atomic E-state index is 11.8. The number of carbonyl (C=O) groups excluding carboxylic acids is 3. The van der Waals surface area contributed by atoms with Gasteiger partial charge in [-0.1, -0.05) is 0 Å². The molecular weight excluding hydrogens is 240 g/mol. The molecule has 0 heterocycles. The zero-order valence-corrected chi connectivity index (χ0v) is 11.2.